The average Bonchev–Trinajstić information content (AvgIpc) is 3.49. The molecule has 35 heavy (non-hydrogen) atoms. The molecule has 2 aliphatic rings. The van der Waals surface area contributed by atoms with Gasteiger partial charge in [0.2, 0.25) is 5.91 Å². The van der Waals surface area contributed by atoms with E-state index in [1.807, 2.05) is 6.92 Å². The number of H-pyrrole nitrogens is 1. The number of benzene rings is 2. The van der Waals surface area contributed by atoms with E-state index in [-0.39, 0.29) is 0 Å². The first-order chi connectivity index (χ1) is 16.9. The number of carbonyl (C=O) groups excluding carboxylic acids is 1. The molecule has 4 nitrogen and oxygen atoms in total. The molecule has 4 heteroatoms. The summed E-state index contributed by atoms with van der Waals surface area (Å²) in [4.78, 5) is 23.2. The fraction of sp³-hybridized carbons (Fsp3) is 0.484. The lowest BCUT2D eigenvalue weighted by Crippen LogP contribution is -2.30. The fourth-order valence-corrected chi connectivity index (χ4v) is 6.33. The predicted octanol–water partition coefficient (Wildman–Crippen LogP) is 7.01. The van der Waals surface area contributed by atoms with Gasteiger partial charge in [-0.2, -0.15) is 0 Å². The van der Waals surface area contributed by atoms with E-state index in [0.717, 1.165) is 67.0 Å². The first-order valence-electron chi connectivity index (χ1n) is 13.4. The van der Waals surface area contributed by atoms with Crippen molar-refractivity contribution >= 4 is 16.9 Å². The number of nitrogens with zero attached hydrogens (tertiary/aromatic N) is 2. The summed E-state index contributed by atoms with van der Waals surface area (Å²) in [5.41, 5.74) is 8.40. The molecule has 2 heterocycles. The zero-order chi connectivity index (χ0) is 24.5. The maximum absolute atomic E-state index is 13.1. The Bertz CT molecular complexity index is 1240. The van der Waals surface area contributed by atoms with Gasteiger partial charge in [-0.1, -0.05) is 56.2 Å². The van der Waals surface area contributed by atoms with Gasteiger partial charge in [0.15, 0.2) is 0 Å². The van der Waals surface area contributed by atoms with Crippen LogP contribution in [0.15, 0.2) is 48.0 Å². The molecule has 1 aliphatic carbocycles. The minimum atomic E-state index is 0.333. The molecule has 1 N–H and O–H groups in total. The Morgan fingerprint density at radius 2 is 1.80 bits per heavy atom. The second-order valence-electron chi connectivity index (χ2n) is 11.1. The van der Waals surface area contributed by atoms with Gasteiger partial charge >= 0.3 is 0 Å². The fourth-order valence-electron chi connectivity index (χ4n) is 6.33. The molecule has 2 aromatic carbocycles. The van der Waals surface area contributed by atoms with Crippen LogP contribution in [0.2, 0.25) is 0 Å². The van der Waals surface area contributed by atoms with E-state index in [2.05, 4.69) is 78.1 Å². The molecule has 184 valence electrons. The summed E-state index contributed by atoms with van der Waals surface area (Å²) in [6.07, 6.45) is 8.45. The highest BCUT2D eigenvalue weighted by Crippen LogP contribution is 2.41. The Morgan fingerprint density at radius 1 is 1.09 bits per heavy atom. The number of aromatic amines is 1. The highest BCUT2D eigenvalue weighted by molar-refractivity contribution is 5.82. The largest absolute Gasteiger partial charge is 0.342 e. The molecule has 5 rings (SSSR count). The molecule has 3 atom stereocenters. The Morgan fingerprint density at radius 3 is 2.54 bits per heavy atom. The third-order valence-corrected chi connectivity index (χ3v) is 8.18. The molecule has 0 bridgehead atoms. The summed E-state index contributed by atoms with van der Waals surface area (Å²) in [6.45, 7) is 10.7. The monoisotopic (exact) mass is 469 g/mol. The molecule has 1 amide bonds. The van der Waals surface area contributed by atoms with E-state index in [1.165, 1.54) is 40.7 Å². The number of aryl methyl sites for hydroxylation is 2. The molecular formula is C31H39N3O. The number of nitrogens with one attached hydrogen (secondary N) is 1. The van der Waals surface area contributed by atoms with Crippen molar-refractivity contribution in [2.45, 2.75) is 66.2 Å². The smallest absolute Gasteiger partial charge is 0.226 e. The van der Waals surface area contributed by atoms with Gasteiger partial charge in [-0.3, -0.25) is 4.79 Å². The van der Waals surface area contributed by atoms with Crippen molar-refractivity contribution in [2.75, 3.05) is 13.1 Å². The van der Waals surface area contributed by atoms with Crippen molar-refractivity contribution in [1.29, 1.82) is 0 Å². The summed E-state index contributed by atoms with van der Waals surface area (Å²) in [5, 5.41) is 0. The van der Waals surface area contributed by atoms with Gasteiger partial charge in [-0.25, -0.2) is 4.98 Å². The third kappa shape index (κ3) is 5.22. The normalized spacial score (nSPS) is 22.2. The number of imidazole rings is 1. The van der Waals surface area contributed by atoms with Gasteiger partial charge in [-0.05, 0) is 91.7 Å². The van der Waals surface area contributed by atoms with Crippen LogP contribution in [0.4, 0.5) is 0 Å². The van der Waals surface area contributed by atoms with E-state index >= 15 is 0 Å². The van der Waals surface area contributed by atoms with Crippen molar-refractivity contribution in [1.82, 2.24) is 14.9 Å². The number of hydrogen-bond acceptors (Lipinski definition) is 2. The quantitative estimate of drug-likeness (QED) is 0.378. The number of carbonyl (C=O) groups is 1. The molecule has 1 aliphatic heterocycles. The van der Waals surface area contributed by atoms with E-state index in [9.17, 15) is 4.79 Å². The number of rotatable bonds is 7. The molecule has 1 unspecified atom stereocenters. The zero-order valence-electron chi connectivity index (χ0n) is 21.7. The number of hydrogen-bond donors (Lipinski definition) is 1. The van der Waals surface area contributed by atoms with Gasteiger partial charge in [0, 0.05) is 19.5 Å². The van der Waals surface area contributed by atoms with Crippen molar-refractivity contribution in [2.24, 2.45) is 17.8 Å². The summed E-state index contributed by atoms with van der Waals surface area (Å²) < 4.78 is 0. The van der Waals surface area contributed by atoms with Gasteiger partial charge in [0.25, 0.3) is 0 Å². The maximum Gasteiger partial charge on any atom is 0.226 e. The zero-order valence-corrected chi connectivity index (χ0v) is 21.7. The molecule has 1 saturated heterocycles. The molecule has 2 fully saturated rings. The minimum absolute atomic E-state index is 0.333. The number of allylic oxidation sites excluding steroid dienone is 1. The van der Waals surface area contributed by atoms with Crippen LogP contribution in [-0.2, 0) is 11.2 Å². The lowest BCUT2D eigenvalue weighted by molar-refractivity contribution is -0.129. The summed E-state index contributed by atoms with van der Waals surface area (Å²) in [7, 11) is 0. The van der Waals surface area contributed by atoms with Gasteiger partial charge in [0.1, 0.15) is 5.82 Å². The predicted molar refractivity (Wildman–Crippen MR) is 144 cm³/mol. The average molecular weight is 470 g/mol. The minimum Gasteiger partial charge on any atom is -0.342 e. The topological polar surface area (TPSA) is 49.0 Å². The second kappa shape index (κ2) is 10.0. The first-order valence-corrected chi connectivity index (χ1v) is 13.4. The Kier molecular flexibility index (Phi) is 6.82. The molecular weight excluding hydrogens is 430 g/mol. The maximum atomic E-state index is 13.1. The van der Waals surface area contributed by atoms with E-state index < -0.39 is 0 Å². The molecule has 1 saturated carbocycles. The number of aromatic nitrogens is 2. The van der Waals surface area contributed by atoms with Crippen molar-refractivity contribution in [3.63, 3.8) is 0 Å². The SMILES string of the molecule is CCC/C(=C\Cc1cc(-c2ccc3[nH]c(C)nc3c2)ccc1C)CC(=O)N1C[C@H]2CC(C)C[C@H]2C1. The van der Waals surface area contributed by atoms with E-state index in [4.69, 9.17) is 0 Å². The van der Waals surface area contributed by atoms with Crippen LogP contribution in [0.3, 0.4) is 0 Å². The molecule has 1 aromatic heterocycles. The van der Waals surface area contributed by atoms with Crippen LogP contribution in [0.1, 0.15) is 62.9 Å². The highest BCUT2D eigenvalue weighted by Gasteiger charge is 2.40. The van der Waals surface area contributed by atoms with Crippen LogP contribution in [0, 0.1) is 31.6 Å². The number of fused-ring (bicyclic) bond motifs is 2. The first kappa shape index (κ1) is 23.8. The lowest BCUT2D eigenvalue weighted by atomic mass is 9.96. The Labute approximate surface area is 209 Å². The van der Waals surface area contributed by atoms with Crippen LogP contribution >= 0.6 is 0 Å². The van der Waals surface area contributed by atoms with Crippen molar-refractivity contribution in [3.05, 3.63) is 65.0 Å². The Balaban J connectivity index is 1.29. The van der Waals surface area contributed by atoms with Gasteiger partial charge < -0.3 is 9.88 Å². The van der Waals surface area contributed by atoms with Gasteiger partial charge in [-0.15, -0.1) is 0 Å². The number of amides is 1. The summed E-state index contributed by atoms with van der Waals surface area (Å²) in [6, 6.07) is 13.2. The standard InChI is InChI=1S/C31H39N3O/c1-5-6-23(15-31(35)34-18-27-13-20(2)14-28(27)19-34)8-10-24-16-25(9-7-21(24)3)26-11-12-29-30(17-26)33-22(4)32-29/h7-9,11-12,16-17,20,27-28H,5-6,10,13-15,18-19H2,1-4H3,(H,32,33)/b23-8+/t20?,27-,28+. The van der Waals surface area contributed by atoms with E-state index in [1.54, 1.807) is 0 Å². The molecule has 0 spiro atoms. The van der Waals surface area contributed by atoms with Crippen LogP contribution in [0.25, 0.3) is 22.2 Å². The van der Waals surface area contributed by atoms with Crippen LogP contribution in [0.5, 0.6) is 0 Å². The van der Waals surface area contributed by atoms with Crippen molar-refractivity contribution < 1.29 is 4.79 Å². The molecule has 3 aromatic rings. The van der Waals surface area contributed by atoms with Crippen molar-refractivity contribution in [3.8, 4) is 11.1 Å². The number of likely N-dealkylation sites (tertiary alicyclic amines) is 1. The summed E-state index contributed by atoms with van der Waals surface area (Å²) >= 11 is 0. The third-order valence-electron chi connectivity index (χ3n) is 8.18. The van der Waals surface area contributed by atoms with E-state index in [0.29, 0.717) is 12.3 Å². The highest BCUT2D eigenvalue weighted by atomic mass is 16.2. The summed E-state index contributed by atoms with van der Waals surface area (Å²) in [5.74, 6) is 3.59. The van der Waals surface area contributed by atoms with Gasteiger partial charge in [0.05, 0.1) is 11.0 Å². The lowest BCUT2D eigenvalue weighted by Gasteiger charge is -2.19. The second-order valence-corrected chi connectivity index (χ2v) is 11.1. The van der Waals surface area contributed by atoms with Crippen LogP contribution < -0.4 is 0 Å². The Hall–Kier alpha value is -2.88. The van der Waals surface area contributed by atoms with Crippen LogP contribution in [-0.4, -0.2) is 33.9 Å². The molecule has 0 radical (unpaired) electrons.